The van der Waals surface area contributed by atoms with E-state index in [4.69, 9.17) is 0 Å². The molecule has 0 N–H and O–H groups in total. The fourth-order valence-corrected chi connectivity index (χ4v) is 4.59. The summed E-state index contributed by atoms with van der Waals surface area (Å²) in [7, 11) is -3.39. The van der Waals surface area contributed by atoms with E-state index in [2.05, 4.69) is 0 Å². The molecule has 0 saturated carbocycles. The van der Waals surface area contributed by atoms with Gasteiger partial charge in [0.2, 0.25) is 10.0 Å². The molecule has 10 heteroatoms. The highest BCUT2D eigenvalue weighted by atomic mass is 32.2. The predicted molar refractivity (Wildman–Crippen MR) is 105 cm³/mol. The number of carbonyl (C=O) groups is 4. The van der Waals surface area contributed by atoms with Gasteiger partial charge in [0.15, 0.2) is 5.78 Å². The molecule has 9 nitrogen and oxygen atoms in total. The normalized spacial score (nSPS) is 16.8. The lowest BCUT2D eigenvalue weighted by Crippen LogP contribution is -2.37. The Morgan fingerprint density at radius 1 is 1.07 bits per heavy atom. The quantitative estimate of drug-likeness (QED) is 0.354. The highest BCUT2D eigenvalue weighted by Crippen LogP contribution is 2.31. The number of benzene rings is 1. The molecule has 1 aromatic carbocycles. The molecule has 2 aliphatic rings. The molecule has 0 bridgehead atoms. The second-order valence-electron chi connectivity index (χ2n) is 6.97. The van der Waals surface area contributed by atoms with Crippen molar-refractivity contribution in [2.45, 2.75) is 33.1 Å². The van der Waals surface area contributed by atoms with Crippen molar-refractivity contribution >= 4 is 39.3 Å². The summed E-state index contributed by atoms with van der Waals surface area (Å²) in [6, 6.07) is 3.86. The average molecular weight is 421 g/mol. The van der Waals surface area contributed by atoms with Gasteiger partial charge in [-0.25, -0.2) is 18.1 Å². The largest absolute Gasteiger partial charge is 0.334 e. The Balaban J connectivity index is 1.76. The number of ketones is 1. The first-order valence-corrected chi connectivity index (χ1v) is 11.2. The Morgan fingerprint density at radius 3 is 2.41 bits per heavy atom. The Hall–Kier alpha value is -2.75. The molecule has 4 amide bonds. The van der Waals surface area contributed by atoms with Crippen molar-refractivity contribution in [1.82, 2.24) is 9.80 Å². The molecule has 0 unspecified atom stereocenters. The van der Waals surface area contributed by atoms with Gasteiger partial charge in [0.05, 0.1) is 18.0 Å². The zero-order valence-electron chi connectivity index (χ0n) is 16.4. The molecule has 0 spiro atoms. The number of rotatable bonds is 8. The molecule has 1 fully saturated rings. The summed E-state index contributed by atoms with van der Waals surface area (Å²) >= 11 is 0. The Kier molecular flexibility index (Phi) is 5.74. The van der Waals surface area contributed by atoms with Crippen molar-refractivity contribution < 1.29 is 27.6 Å². The molecule has 1 aromatic rings. The van der Waals surface area contributed by atoms with E-state index >= 15 is 0 Å². The fraction of sp³-hybridized carbons (Fsp3) is 0.474. The van der Waals surface area contributed by atoms with E-state index in [9.17, 15) is 27.6 Å². The molecule has 1 saturated heterocycles. The van der Waals surface area contributed by atoms with Gasteiger partial charge in [-0.2, -0.15) is 0 Å². The van der Waals surface area contributed by atoms with Gasteiger partial charge in [0, 0.05) is 18.7 Å². The minimum atomic E-state index is -3.39. The molecular weight excluding hydrogens is 398 g/mol. The zero-order chi connectivity index (χ0) is 21.3. The number of hydrogen-bond acceptors (Lipinski definition) is 6. The third-order valence-electron chi connectivity index (χ3n) is 5.13. The second-order valence-corrected chi connectivity index (χ2v) is 9.16. The topological polar surface area (TPSA) is 112 Å². The number of nitrogens with zero attached hydrogens (tertiary/aromatic N) is 3. The lowest BCUT2D eigenvalue weighted by atomic mass is 10.0. The van der Waals surface area contributed by atoms with Crippen molar-refractivity contribution in [3.63, 3.8) is 0 Å². The zero-order valence-corrected chi connectivity index (χ0v) is 17.2. The van der Waals surface area contributed by atoms with Gasteiger partial charge < -0.3 is 0 Å². The maximum atomic E-state index is 12.6. The Bertz CT molecular complexity index is 988. The number of hydrogen-bond donors (Lipinski definition) is 0. The van der Waals surface area contributed by atoms with Crippen LogP contribution in [0.4, 0.5) is 10.5 Å². The SMILES string of the molecule is CCCCN1C(=O)C(=O)N(CC(=O)c2ccc3c(c2)CCN3S(=O)(=O)CC)C1=O. The second kappa shape index (κ2) is 7.94. The summed E-state index contributed by atoms with van der Waals surface area (Å²) in [5.41, 5.74) is 1.52. The van der Waals surface area contributed by atoms with Crippen LogP contribution < -0.4 is 4.31 Å². The minimum absolute atomic E-state index is 0.0190. The maximum absolute atomic E-state index is 12.6. The molecule has 156 valence electrons. The van der Waals surface area contributed by atoms with Crippen LogP contribution >= 0.6 is 0 Å². The number of amides is 4. The van der Waals surface area contributed by atoms with Gasteiger partial charge in [0.25, 0.3) is 0 Å². The molecular formula is C19H23N3O6S. The van der Waals surface area contributed by atoms with Crippen LogP contribution in [0.1, 0.15) is 42.6 Å². The van der Waals surface area contributed by atoms with Crippen molar-refractivity contribution in [3.8, 4) is 0 Å². The monoisotopic (exact) mass is 421 g/mol. The van der Waals surface area contributed by atoms with Crippen LogP contribution in [0.15, 0.2) is 18.2 Å². The summed E-state index contributed by atoms with van der Waals surface area (Å²) in [5.74, 6) is -2.42. The summed E-state index contributed by atoms with van der Waals surface area (Å²) < 4.78 is 25.7. The standard InChI is InChI=1S/C19H23N3O6S/c1-3-5-9-20-17(24)18(25)21(19(20)26)12-16(23)14-6-7-15-13(11-14)8-10-22(15)29(27,28)4-2/h6-7,11H,3-5,8-10,12H2,1-2H3. The number of imide groups is 2. The minimum Gasteiger partial charge on any atom is -0.292 e. The van der Waals surface area contributed by atoms with Crippen LogP contribution in [0, 0.1) is 0 Å². The summed E-state index contributed by atoms with van der Waals surface area (Å²) in [5, 5.41) is 0. The van der Waals surface area contributed by atoms with E-state index in [1.807, 2.05) is 6.92 Å². The first kappa shape index (κ1) is 21.0. The number of urea groups is 1. The van der Waals surface area contributed by atoms with Gasteiger partial charge in [-0.3, -0.25) is 23.6 Å². The number of sulfonamides is 1. The lowest BCUT2D eigenvalue weighted by Gasteiger charge is -2.18. The third kappa shape index (κ3) is 3.76. The van der Waals surface area contributed by atoms with Crippen LogP contribution in [0.5, 0.6) is 0 Å². The van der Waals surface area contributed by atoms with Crippen LogP contribution in [0.25, 0.3) is 0 Å². The van der Waals surface area contributed by atoms with Crippen LogP contribution in [0.2, 0.25) is 0 Å². The van der Waals surface area contributed by atoms with Crippen molar-refractivity contribution in [1.29, 1.82) is 0 Å². The Labute approximate surface area is 169 Å². The van der Waals surface area contributed by atoms with Crippen molar-refractivity contribution in [2.24, 2.45) is 0 Å². The molecule has 3 rings (SSSR count). The number of anilines is 1. The highest BCUT2D eigenvalue weighted by molar-refractivity contribution is 7.92. The summed E-state index contributed by atoms with van der Waals surface area (Å²) in [6.07, 6.45) is 1.80. The van der Waals surface area contributed by atoms with Crippen molar-refractivity contribution in [2.75, 3.05) is 29.7 Å². The van der Waals surface area contributed by atoms with E-state index in [1.165, 1.54) is 10.4 Å². The molecule has 0 radical (unpaired) electrons. The van der Waals surface area contributed by atoms with E-state index in [1.54, 1.807) is 19.1 Å². The number of carbonyl (C=O) groups excluding carboxylic acids is 4. The highest BCUT2D eigenvalue weighted by Gasteiger charge is 2.44. The molecule has 0 atom stereocenters. The third-order valence-corrected chi connectivity index (χ3v) is 6.91. The predicted octanol–water partition coefficient (Wildman–Crippen LogP) is 1.17. The average Bonchev–Trinajstić information content (AvgIpc) is 3.22. The smallest absolute Gasteiger partial charge is 0.292 e. The molecule has 0 aromatic heterocycles. The van der Waals surface area contributed by atoms with Crippen LogP contribution in [-0.4, -0.2) is 67.2 Å². The van der Waals surface area contributed by atoms with E-state index in [0.717, 1.165) is 11.3 Å². The first-order chi connectivity index (χ1) is 13.7. The van der Waals surface area contributed by atoms with Gasteiger partial charge in [-0.15, -0.1) is 0 Å². The lowest BCUT2D eigenvalue weighted by molar-refractivity contribution is -0.143. The molecule has 2 heterocycles. The van der Waals surface area contributed by atoms with Crippen molar-refractivity contribution in [3.05, 3.63) is 29.3 Å². The fourth-order valence-electron chi connectivity index (χ4n) is 3.43. The van der Waals surface area contributed by atoms with Gasteiger partial charge in [-0.1, -0.05) is 13.3 Å². The Morgan fingerprint density at radius 2 is 1.76 bits per heavy atom. The van der Waals surface area contributed by atoms with Gasteiger partial charge in [-0.05, 0) is 43.5 Å². The van der Waals surface area contributed by atoms with Crippen LogP contribution in [-0.2, 0) is 26.0 Å². The molecule has 29 heavy (non-hydrogen) atoms. The first-order valence-electron chi connectivity index (χ1n) is 9.55. The van der Waals surface area contributed by atoms with Gasteiger partial charge >= 0.3 is 17.8 Å². The molecule has 0 aliphatic carbocycles. The summed E-state index contributed by atoms with van der Waals surface area (Å²) in [6.45, 7) is 3.40. The summed E-state index contributed by atoms with van der Waals surface area (Å²) in [4.78, 5) is 50.7. The number of Topliss-reactive ketones (excluding diaryl/α,β-unsaturated/α-hetero) is 1. The number of unbranched alkanes of at least 4 members (excludes halogenated alkanes) is 1. The maximum Gasteiger partial charge on any atom is 0.334 e. The van der Waals surface area contributed by atoms with Crippen LogP contribution in [0.3, 0.4) is 0 Å². The van der Waals surface area contributed by atoms with E-state index in [-0.39, 0.29) is 17.9 Å². The van der Waals surface area contributed by atoms with E-state index < -0.39 is 40.2 Å². The van der Waals surface area contributed by atoms with Gasteiger partial charge in [0.1, 0.15) is 0 Å². The number of fused-ring (bicyclic) bond motifs is 1. The van der Waals surface area contributed by atoms with E-state index in [0.29, 0.717) is 35.5 Å². The molecule has 2 aliphatic heterocycles.